The number of anilines is 1. The fraction of sp³-hybridized carbons (Fsp3) is 0.412. The molecule has 8 nitrogen and oxygen atoms in total. The molecule has 3 rings (SSSR count). The number of carbonyl (C=O) groups is 1. The van der Waals surface area contributed by atoms with E-state index in [4.69, 9.17) is 0 Å². The van der Waals surface area contributed by atoms with Crippen molar-refractivity contribution >= 4 is 17.3 Å². The molecule has 1 fully saturated rings. The number of benzene rings is 1. The summed E-state index contributed by atoms with van der Waals surface area (Å²) >= 11 is 0. The van der Waals surface area contributed by atoms with E-state index >= 15 is 0 Å². The second-order valence-electron chi connectivity index (χ2n) is 6.30. The SMILES string of the molecule is Cc1c(NC(=O)C(C)N2CCC(n3cccn3)C2)cccc1[N+](=O)[O-]. The Kier molecular flexibility index (Phi) is 4.80. The number of likely N-dealkylation sites (tertiary alicyclic amines) is 1. The lowest BCUT2D eigenvalue weighted by Gasteiger charge is -2.23. The lowest BCUT2D eigenvalue weighted by Crippen LogP contribution is -2.41. The van der Waals surface area contributed by atoms with E-state index in [9.17, 15) is 14.9 Å². The lowest BCUT2D eigenvalue weighted by atomic mass is 10.1. The van der Waals surface area contributed by atoms with Gasteiger partial charge in [-0.3, -0.25) is 24.5 Å². The number of amides is 1. The second-order valence-corrected chi connectivity index (χ2v) is 6.30. The maximum atomic E-state index is 12.6. The van der Waals surface area contributed by atoms with Crippen LogP contribution in [-0.2, 0) is 4.79 Å². The van der Waals surface area contributed by atoms with Crippen LogP contribution in [0.2, 0.25) is 0 Å². The summed E-state index contributed by atoms with van der Waals surface area (Å²) in [6.45, 7) is 5.06. The monoisotopic (exact) mass is 343 g/mol. The van der Waals surface area contributed by atoms with Crippen molar-refractivity contribution in [2.45, 2.75) is 32.4 Å². The Morgan fingerprint density at radius 2 is 2.24 bits per heavy atom. The molecule has 25 heavy (non-hydrogen) atoms. The van der Waals surface area contributed by atoms with Gasteiger partial charge in [0.05, 0.1) is 28.3 Å². The van der Waals surface area contributed by atoms with Crippen molar-refractivity contribution in [2.24, 2.45) is 0 Å². The van der Waals surface area contributed by atoms with Crippen LogP contribution >= 0.6 is 0 Å². The highest BCUT2D eigenvalue weighted by Gasteiger charge is 2.31. The fourth-order valence-corrected chi connectivity index (χ4v) is 3.19. The number of nitro groups is 1. The molecule has 1 aromatic heterocycles. The first-order chi connectivity index (χ1) is 12.0. The summed E-state index contributed by atoms with van der Waals surface area (Å²) in [5.74, 6) is -0.162. The van der Waals surface area contributed by atoms with Crippen molar-refractivity contribution < 1.29 is 9.72 Å². The molecule has 2 unspecified atom stereocenters. The third kappa shape index (κ3) is 3.53. The molecule has 1 amide bonds. The Morgan fingerprint density at radius 1 is 1.44 bits per heavy atom. The molecule has 8 heteroatoms. The van der Waals surface area contributed by atoms with Crippen LogP contribution in [0.1, 0.15) is 24.9 Å². The number of carbonyl (C=O) groups excluding carboxylic acids is 1. The number of hydrogen-bond acceptors (Lipinski definition) is 5. The zero-order valence-electron chi connectivity index (χ0n) is 14.3. The number of rotatable bonds is 5. The summed E-state index contributed by atoms with van der Waals surface area (Å²) in [5, 5.41) is 18.1. The Morgan fingerprint density at radius 3 is 2.92 bits per heavy atom. The minimum absolute atomic E-state index is 0.00497. The molecule has 1 aromatic carbocycles. The Hall–Kier alpha value is -2.74. The van der Waals surface area contributed by atoms with Crippen LogP contribution in [0.5, 0.6) is 0 Å². The summed E-state index contributed by atoms with van der Waals surface area (Å²) in [6.07, 6.45) is 4.63. The third-order valence-corrected chi connectivity index (χ3v) is 4.78. The Balaban J connectivity index is 1.66. The predicted molar refractivity (Wildman–Crippen MR) is 93.4 cm³/mol. The minimum Gasteiger partial charge on any atom is -0.324 e. The molecule has 1 aliphatic rings. The van der Waals surface area contributed by atoms with Gasteiger partial charge >= 0.3 is 0 Å². The molecule has 0 spiro atoms. The van der Waals surface area contributed by atoms with Gasteiger partial charge in [-0.1, -0.05) is 6.07 Å². The number of hydrogen-bond donors (Lipinski definition) is 1. The highest BCUT2D eigenvalue weighted by atomic mass is 16.6. The van der Waals surface area contributed by atoms with Crippen LogP contribution in [0.25, 0.3) is 0 Å². The largest absolute Gasteiger partial charge is 0.324 e. The molecule has 0 radical (unpaired) electrons. The molecule has 0 aliphatic carbocycles. The lowest BCUT2D eigenvalue weighted by molar-refractivity contribution is -0.385. The maximum Gasteiger partial charge on any atom is 0.274 e. The molecule has 132 valence electrons. The van der Waals surface area contributed by atoms with Crippen LogP contribution in [0, 0.1) is 17.0 Å². The summed E-state index contributed by atoms with van der Waals surface area (Å²) in [5.41, 5.74) is 0.947. The average molecular weight is 343 g/mol. The molecular formula is C17H21N5O3. The smallest absolute Gasteiger partial charge is 0.274 e. The van der Waals surface area contributed by atoms with E-state index in [2.05, 4.69) is 15.3 Å². The summed E-state index contributed by atoms with van der Waals surface area (Å²) in [4.78, 5) is 25.3. The van der Waals surface area contributed by atoms with Gasteiger partial charge in [-0.2, -0.15) is 5.10 Å². The van der Waals surface area contributed by atoms with E-state index in [-0.39, 0.29) is 23.7 Å². The first-order valence-corrected chi connectivity index (χ1v) is 8.25. The quantitative estimate of drug-likeness (QED) is 0.664. The van der Waals surface area contributed by atoms with Gasteiger partial charge in [0.15, 0.2) is 0 Å². The summed E-state index contributed by atoms with van der Waals surface area (Å²) in [6, 6.07) is 6.54. The van der Waals surface area contributed by atoms with Crippen LogP contribution in [0.4, 0.5) is 11.4 Å². The second kappa shape index (κ2) is 7.02. The number of nitro benzene ring substituents is 1. The van der Waals surface area contributed by atoms with Crippen LogP contribution < -0.4 is 5.32 Å². The van der Waals surface area contributed by atoms with Gasteiger partial charge in [0.1, 0.15) is 0 Å². The molecular weight excluding hydrogens is 322 g/mol. The molecule has 0 saturated carbocycles. The standard InChI is InChI=1S/C17H21N5O3/c1-12-15(5-3-6-16(12)22(24)25)19-17(23)13(2)20-10-7-14(11-20)21-9-4-8-18-21/h3-6,8-9,13-14H,7,10-11H2,1-2H3,(H,19,23). The van der Waals surface area contributed by atoms with Gasteiger partial charge in [0, 0.05) is 31.5 Å². The van der Waals surface area contributed by atoms with Crippen LogP contribution in [0.15, 0.2) is 36.7 Å². The molecule has 1 saturated heterocycles. The molecule has 2 aromatic rings. The summed E-state index contributed by atoms with van der Waals surface area (Å²) < 4.78 is 1.93. The molecule has 1 aliphatic heterocycles. The molecule has 0 bridgehead atoms. The van der Waals surface area contributed by atoms with Gasteiger partial charge in [-0.15, -0.1) is 0 Å². The van der Waals surface area contributed by atoms with E-state index in [1.54, 1.807) is 25.3 Å². The highest BCUT2D eigenvalue weighted by molar-refractivity contribution is 5.95. The molecule has 1 N–H and O–H groups in total. The Bertz CT molecular complexity index is 775. The maximum absolute atomic E-state index is 12.6. The van der Waals surface area contributed by atoms with Crippen molar-refractivity contribution in [1.29, 1.82) is 0 Å². The zero-order chi connectivity index (χ0) is 18.0. The highest BCUT2D eigenvalue weighted by Crippen LogP contribution is 2.26. The van der Waals surface area contributed by atoms with E-state index in [0.717, 1.165) is 19.5 Å². The van der Waals surface area contributed by atoms with Gasteiger partial charge in [-0.25, -0.2) is 0 Å². The van der Waals surface area contributed by atoms with E-state index in [1.165, 1.54) is 6.07 Å². The first-order valence-electron chi connectivity index (χ1n) is 8.25. The number of aromatic nitrogens is 2. The normalized spacial score (nSPS) is 18.9. The third-order valence-electron chi connectivity index (χ3n) is 4.78. The van der Waals surface area contributed by atoms with Gasteiger partial charge < -0.3 is 5.32 Å². The topological polar surface area (TPSA) is 93.3 Å². The van der Waals surface area contributed by atoms with E-state index in [0.29, 0.717) is 11.3 Å². The Labute approximate surface area is 145 Å². The van der Waals surface area contributed by atoms with Gasteiger partial charge in [0.2, 0.25) is 5.91 Å². The minimum atomic E-state index is -0.441. The number of nitrogens with one attached hydrogen (secondary N) is 1. The van der Waals surface area contributed by atoms with Gasteiger partial charge in [-0.05, 0) is 32.4 Å². The predicted octanol–water partition coefficient (Wildman–Crippen LogP) is 2.37. The van der Waals surface area contributed by atoms with Crippen molar-refractivity contribution in [3.63, 3.8) is 0 Å². The van der Waals surface area contributed by atoms with Crippen LogP contribution in [-0.4, -0.2) is 44.6 Å². The van der Waals surface area contributed by atoms with Crippen molar-refractivity contribution in [2.75, 3.05) is 18.4 Å². The number of nitrogens with zero attached hydrogens (tertiary/aromatic N) is 4. The van der Waals surface area contributed by atoms with Gasteiger partial charge in [0.25, 0.3) is 5.69 Å². The van der Waals surface area contributed by atoms with E-state index < -0.39 is 4.92 Å². The first kappa shape index (κ1) is 17.1. The van der Waals surface area contributed by atoms with Crippen molar-refractivity contribution in [3.05, 3.63) is 52.3 Å². The molecule has 2 heterocycles. The average Bonchev–Trinajstić information content (AvgIpc) is 3.26. The van der Waals surface area contributed by atoms with Crippen molar-refractivity contribution in [1.82, 2.24) is 14.7 Å². The van der Waals surface area contributed by atoms with E-state index in [1.807, 2.05) is 23.9 Å². The fourth-order valence-electron chi connectivity index (χ4n) is 3.19. The van der Waals surface area contributed by atoms with Crippen LogP contribution in [0.3, 0.4) is 0 Å². The van der Waals surface area contributed by atoms with Crippen molar-refractivity contribution in [3.8, 4) is 0 Å². The zero-order valence-corrected chi connectivity index (χ0v) is 14.3. The summed E-state index contributed by atoms with van der Waals surface area (Å²) in [7, 11) is 0. The molecule has 2 atom stereocenters.